The number of phenolic OH excluding ortho intramolecular Hbond substituents is 1. The third kappa shape index (κ3) is 3.85. The standard InChI is InChI=1S/C15H16N2O4/c1-2-21-15-8-11(6-7-14(15)18)10-16-12-4-3-5-13(9-12)17(19)20/h3-9,16,18H,2,10H2,1H3. The maximum absolute atomic E-state index is 10.7. The number of phenols is 1. The van der Waals surface area contributed by atoms with Crippen LogP contribution < -0.4 is 10.1 Å². The van der Waals surface area contributed by atoms with E-state index in [0.717, 1.165) is 5.56 Å². The highest BCUT2D eigenvalue weighted by Gasteiger charge is 2.06. The molecular weight excluding hydrogens is 272 g/mol. The van der Waals surface area contributed by atoms with Gasteiger partial charge in [-0.3, -0.25) is 10.1 Å². The van der Waals surface area contributed by atoms with Crippen LogP contribution in [0, 0.1) is 10.1 Å². The van der Waals surface area contributed by atoms with E-state index in [4.69, 9.17) is 4.74 Å². The van der Waals surface area contributed by atoms with Crippen molar-refractivity contribution in [2.45, 2.75) is 13.5 Å². The Morgan fingerprint density at radius 1 is 1.29 bits per heavy atom. The van der Waals surface area contributed by atoms with E-state index in [0.29, 0.717) is 24.6 Å². The first-order valence-electron chi connectivity index (χ1n) is 6.53. The number of anilines is 1. The molecule has 0 aliphatic rings. The number of rotatable bonds is 6. The Balaban J connectivity index is 2.07. The maximum atomic E-state index is 10.7. The van der Waals surface area contributed by atoms with E-state index in [1.165, 1.54) is 12.1 Å². The van der Waals surface area contributed by atoms with Crippen LogP contribution >= 0.6 is 0 Å². The average molecular weight is 288 g/mol. The van der Waals surface area contributed by atoms with E-state index in [1.54, 1.807) is 30.3 Å². The first kappa shape index (κ1) is 14.6. The highest BCUT2D eigenvalue weighted by molar-refractivity contribution is 5.51. The smallest absolute Gasteiger partial charge is 0.271 e. The Bertz CT molecular complexity index is 643. The maximum Gasteiger partial charge on any atom is 0.271 e. The van der Waals surface area contributed by atoms with Gasteiger partial charge in [0.1, 0.15) is 0 Å². The molecule has 0 amide bonds. The summed E-state index contributed by atoms with van der Waals surface area (Å²) >= 11 is 0. The molecule has 0 bridgehead atoms. The third-order valence-corrected chi connectivity index (χ3v) is 2.88. The summed E-state index contributed by atoms with van der Waals surface area (Å²) in [6.45, 7) is 2.78. The van der Waals surface area contributed by atoms with E-state index in [1.807, 2.05) is 6.92 Å². The zero-order valence-corrected chi connectivity index (χ0v) is 11.6. The fourth-order valence-electron chi connectivity index (χ4n) is 1.87. The summed E-state index contributed by atoms with van der Waals surface area (Å²) in [5.74, 6) is 0.520. The summed E-state index contributed by atoms with van der Waals surface area (Å²) in [5.41, 5.74) is 1.61. The number of hydrogen-bond acceptors (Lipinski definition) is 5. The van der Waals surface area contributed by atoms with Crippen LogP contribution in [-0.4, -0.2) is 16.6 Å². The fraction of sp³-hybridized carbons (Fsp3) is 0.200. The summed E-state index contributed by atoms with van der Waals surface area (Å²) in [5, 5.41) is 23.4. The van der Waals surface area contributed by atoms with E-state index in [9.17, 15) is 15.2 Å². The van der Waals surface area contributed by atoms with Crippen molar-refractivity contribution in [3.63, 3.8) is 0 Å². The van der Waals surface area contributed by atoms with Crippen molar-refractivity contribution in [1.29, 1.82) is 0 Å². The second kappa shape index (κ2) is 6.60. The lowest BCUT2D eigenvalue weighted by Crippen LogP contribution is -2.01. The van der Waals surface area contributed by atoms with Crippen molar-refractivity contribution < 1.29 is 14.8 Å². The summed E-state index contributed by atoms with van der Waals surface area (Å²) in [6, 6.07) is 11.4. The van der Waals surface area contributed by atoms with Gasteiger partial charge in [-0.05, 0) is 30.7 Å². The molecular formula is C15H16N2O4. The van der Waals surface area contributed by atoms with Gasteiger partial charge in [0.15, 0.2) is 11.5 Å². The first-order chi connectivity index (χ1) is 10.1. The molecule has 0 heterocycles. The molecule has 0 fully saturated rings. The van der Waals surface area contributed by atoms with Gasteiger partial charge in [0.05, 0.1) is 11.5 Å². The molecule has 0 saturated heterocycles. The molecule has 0 spiro atoms. The summed E-state index contributed by atoms with van der Waals surface area (Å²) in [4.78, 5) is 10.3. The number of aromatic hydroxyl groups is 1. The second-order valence-electron chi connectivity index (χ2n) is 4.40. The zero-order valence-electron chi connectivity index (χ0n) is 11.6. The lowest BCUT2D eigenvalue weighted by Gasteiger charge is -2.10. The fourth-order valence-corrected chi connectivity index (χ4v) is 1.87. The summed E-state index contributed by atoms with van der Waals surface area (Å²) in [6.07, 6.45) is 0. The molecule has 2 aromatic rings. The van der Waals surface area contributed by atoms with Gasteiger partial charge >= 0.3 is 0 Å². The summed E-state index contributed by atoms with van der Waals surface area (Å²) < 4.78 is 5.31. The molecule has 0 atom stereocenters. The highest BCUT2D eigenvalue weighted by Crippen LogP contribution is 2.27. The predicted octanol–water partition coefficient (Wildman–Crippen LogP) is 3.31. The van der Waals surface area contributed by atoms with Gasteiger partial charge in [0, 0.05) is 24.4 Å². The molecule has 0 radical (unpaired) electrons. The average Bonchev–Trinajstić information content (AvgIpc) is 2.48. The van der Waals surface area contributed by atoms with Crippen molar-refractivity contribution in [3.8, 4) is 11.5 Å². The quantitative estimate of drug-likeness (QED) is 0.629. The number of benzene rings is 2. The molecule has 0 saturated carbocycles. The topological polar surface area (TPSA) is 84.6 Å². The van der Waals surface area contributed by atoms with Crippen LogP contribution in [0.4, 0.5) is 11.4 Å². The van der Waals surface area contributed by atoms with Crippen LogP contribution in [0.1, 0.15) is 12.5 Å². The van der Waals surface area contributed by atoms with Crippen molar-refractivity contribution >= 4 is 11.4 Å². The zero-order chi connectivity index (χ0) is 15.2. The minimum atomic E-state index is -0.432. The van der Waals surface area contributed by atoms with Crippen LogP contribution in [0.15, 0.2) is 42.5 Å². The Kier molecular flexibility index (Phi) is 4.61. The number of nitro benzene ring substituents is 1. The molecule has 6 nitrogen and oxygen atoms in total. The van der Waals surface area contributed by atoms with Crippen LogP contribution in [0.25, 0.3) is 0 Å². The van der Waals surface area contributed by atoms with Gasteiger partial charge in [-0.15, -0.1) is 0 Å². The Morgan fingerprint density at radius 2 is 2.10 bits per heavy atom. The van der Waals surface area contributed by atoms with Crippen molar-refractivity contribution in [2.75, 3.05) is 11.9 Å². The van der Waals surface area contributed by atoms with Gasteiger partial charge in [0.2, 0.25) is 0 Å². The van der Waals surface area contributed by atoms with E-state index >= 15 is 0 Å². The van der Waals surface area contributed by atoms with Crippen molar-refractivity contribution in [1.82, 2.24) is 0 Å². The molecule has 2 aromatic carbocycles. The summed E-state index contributed by atoms with van der Waals surface area (Å²) in [7, 11) is 0. The largest absolute Gasteiger partial charge is 0.504 e. The number of ether oxygens (including phenoxy) is 1. The number of nitro groups is 1. The molecule has 0 unspecified atom stereocenters. The van der Waals surface area contributed by atoms with Crippen molar-refractivity contribution in [3.05, 3.63) is 58.1 Å². The van der Waals surface area contributed by atoms with Crippen LogP contribution in [-0.2, 0) is 6.54 Å². The van der Waals surface area contributed by atoms with E-state index in [-0.39, 0.29) is 11.4 Å². The Morgan fingerprint density at radius 3 is 2.81 bits per heavy atom. The molecule has 0 aliphatic heterocycles. The number of non-ortho nitro benzene ring substituents is 1. The highest BCUT2D eigenvalue weighted by atomic mass is 16.6. The lowest BCUT2D eigenvalue weighted by atomic mass is 10.2. The molecule has 0 aromatic heterocycles. The van der Waals surface area contributed by atoms with Crippen LogP contribution in [0.2, 0.25) is 0 Å². The molecule has 2 N–H and O–H groups in total. The van der Waals surface area contributed by atoms with Gasteiger partial charge in [-0.1, -0.05) is 12.1 Å². The third-order valence-electron chi connectivity index (χ3n) is 2.88. The molecule has 110 valence electrons. The molecule has 2 rings (SSSR count). The normalized spacial score (nSPS) is 10.1. The molecule has 21 heavy (non-hydrogen) atoms. The first-order valence-corrected chi connectivity index (χ1v) is 6.53. The van der Waals surface area contributed by atoms with Crippen LogP contribution in [0.3, 0.4) is 0 Å². The Hall–Kier alpha value is -2.76. The molecule has 0 aliphatic carbocycles. The number of nitrogens with zero attached hydrogens (tertiary/aromatic N) is 1. The lowest BCUT2D eigenvalue weighted by molar-refractivity contribution is -0.384. The van der Waals surface area contributed by atoms with Gasteiger partial charge in [-0.2, -0.15) is 0 Å². The number of nitrogens with one attached hydrogen (secondary N) is 1. The van der Waals surface area contributed by atoms with Crippen LogP contribution in [0.5, 0.6) is 11.5 Å². The van der Waals surface area contributed by atoms with Gasteiger partial charge < -0.3 is 15.2 Å². The second-order valence-corrected chi connectivity index (χ2v) is 4.40. The molecule has 6 heteroatoms. The minimum absolute atomic E-state index is 0.0423. The monoisotopic (exact) mass is 288 g/mol. The van der Waals surface area contributed by atoms with E-state index in [2.05, 4.69) is 5.32 Å². The van der Waals surface area contributed by atoms with Crippen molar-refractivity contribution in [2.24, 2.45) is 0 Å². The van der Waals surface area contributed by atoms with Gasteiger partial charge in [-0.25, -0.2) is 0 Å². The Labute approximate surface area is 122 Å². The van der Waals surface area contributed by atoms with Gasteiger partial charge in [0.25, 0.3) is 5.69 Å². The van der Waals surface area contributed by atoms with E-state index < -0.39 is 4.92 Å². The predicted molar refractivity (Wildman–Crippen MR) is 79.7 cm³/mol. The SMILES string of the molecule is CCOc1cc(CNc2cccc([N+](=O)[O-])c2)ccc1O. The minimum Gasteiger partial charge on any atom is -0.504 e. The number of hydrogen-bond donors (Lipinski definition) is 2.